The summed E-state index contributed by atoms with van der Waals surface area (Å²) in [5.41, 5.74) is 2.85. The number of phenols is 1. The van der Waals surface area contributed by atoms with Crippen LogP contribution >= 0.6 is 0 Å². The second-order valence-corrected chi connectivity index (χ2v) is 8.84. The van der Waals surface area contributed by atoms with E-state index in [2.05, 4.69) is 24.8 Å². The molecule has 1 fully saturated rings. The van der Waals surface area contributed by atoms with Crippen LogP contribution in [0, 0.1) is 5.82 Å². The monoisotopic (exact) mass is 458 g/mol. The van der Waals surface area contributed by atoms with Crippen LogP contribution in [0.3, 0.4) is 0 Å². The van der Waals surface area contributed by atoms with Gasteiger partial charge in [0.1, 0.15) is 23.1 Å². The quantitative estimate of drug-likeness (QED) is 0.461. The number of carbonyl (C=O) groups excluding carboxylic acids is 1. The van der Waals surface area contributed by atoms with Gasteiger partial charge in [-0.25, -0.2) is 19.3 Å². The number of hydrogen-bond donors (Lipinski definition) is 2. The largest absolute Gasteiger partial charge is 0.506 e. The molecule has 8 nitrogen and oxygen atoms in total. The van der Waals surface area contributed by atoms with Crippen LogP contribution in [0.2, 0.25) is 0 Å². The fourth-order valence-electron chi connectivity index (χ4n) is 4.44. The van der Waals surface area contributed by atoms with Crippen LogP contribution in [0.25, 0.3) is 17.2 Å². The number of phenolic OH excluding ortho intramolecular Hbond substituents is 1. The lowest BCUT2D eigenvalue weighted by atomic mass is 10.1. The third kappa shape index (κ3) is 3.72. The molecule has 4 heterocycles. The number of halogens is 1. The predicted molar refractivity (Wildman–Crippen MR) is 124 cm³/mol. The smallest absolute Gasteiger partial charge is 0.259 e. The topological polar surface area (TPSA) is 97.9 Å². The Kier molecular flexibility index (Phi) is 4.90. The molecule has 1 aromatic carbocycles. The first-order valence-corrected chi connectivity index (χ1v) is 11.5. The van der Waals surface area contributed by atoms with Gasteiger partial charge < -0.3 is 19.6 Å². The molecule has 0 saturated heterocycles. The number of aryl methyl sites for hydroxylation is 1. The van der Waals surface area contributed by atoms with Crippen LogP contribution < -0.4 is 5.32 Å². The zero-order valence-corrected chi connectivity index (χ0v) is 18.4. The van der Waals surface area contributed by atoms with Crippen molar-refractivity contribution in [1.29, 1.82) is 0 Å². The minimum Gasteiger partial charge on any atom is -0.506 e. The summed E-state index contributed by atoms with van der Waals surface area (Å²) in [7, 11) is 0. The number of fused-ring (bicyclic) bond motifs is 1. The van der Waals surface area contributed by atoms with Crippen molar-refractivity contribution in [3.8, 4) is 23.0 Å². The molecular formula is C25H23FN6O2. The Labute approximate surface area is 195 Å². The van der Waals surface area contributed by atoms with Crippen molar-refractivity contribution in [2.45, 2.75) is 44.6 Å². The van der Waals surface area contributed by atoms with Crippen molar-refractivity contribution in [3.05, 3.63) is 71.8 Å². The molecule has 1 aliphatic heterocycles. The SMILES string of the molecule is O=C(Nc1cccc(-c2ncc3n2CCCC3)n1)c1cc(-n2cnc(C3CC3)c2)c(O)cc1F. The number of imidazole rings is 2. The Morgan fingerprint density at radius 2 is 2.06 bits per heavy atom. The number of rotatable bonds is 5. The molecular weight excluding hydrogens is 435 g/mol. The average Bonchev–Trinajstić information content (AvgIpc) is 3.41. The van der Waals surface area contributed by atoms with E-state index in [9.17, 15) is 14.3 Å². The molecule has 4 aromatic rings. The van der Waals surface area contributed by atoms with Crippen LogP contribution in [0.15, 0.2) is 49.1 Å². The van der Waals surface area contributed by atoms with Crippen LogP contribution in [-0.4, -0.2) is 35.1 Å². The zero-order chi connectivity index (χ0) is 23.2. The predicted octanol–water partition coefficient (Wildman–Crippen LogP) is 4.44. The number of aromatic nitrogens is 5. The second-order valence-electron chi connectivity index (χ2n) is 8.84. The maximum Gasteiger partial charge on any atom is 0.259 e. The van der Waals surface area contributed by atoms with Gasteiger partial charge in [0.05, 0.1) is 23.3 Å². The van der Waals surface area contributed by atoms with Gasteiger partial charge in [-0.2, -0.15) is 0 Å². The van der Waals surface area contributed by atoms with E-state index in [1.54, 1.807) is 23.0 Å². The number of nitrogens with zero attached hydrogens (tertiary/aromatic N) is 5. The van der Waals surface area contributed by atoms with Gasteiger partial charge in [0.15, 0.2) is 5.82 Å². The van der Waals surface area contributed by atoms with E-state index in [0.29, 0.717) is 17.4 Å². The van der Waals surface area contributed by atoms with Gasteiger partial charge in [-0.1, -0.05) is 6.07 Å². The molecule has 172 valence electrons. The summed E-state index contributed by atoms with van der Waals surface area (Å²) in [4.78, 5) is 26.4. The molecule has 9 heteroatoms. The lowest BCUT2D eigenvalue weighted by molar-refractivity contribution is 0.102. The minimum absolute atomic E-state index is 0.195. The van der Waals surface area contributed by atoms with Crippen molar-refractivity contribution < 1.29 is 14.3 Å². The molecule has 2 aliphatic rings. The molecule has 1 aliphatic carbocycles. The second kappa shape index (κ2) is 8.09. The highest BCUT2D eigenvalue weighted by Crippen LogP contribution is 2.39. The highest BCUT2D eigenvalue weighted by Gasteiger charge is 2.26. The molecule has 0 atom stereocenters. The highest BCUT2D eigenvalue weighted by atomic mass is 19.1. The van der Waals surface area contributed by atoms with Gasteiger partial charge in [0, 0.05) is 36.6 Å². The number of pyridine rings is 1. The number of carbonyl (C=O) groups is 1. The maximum atomic E-state index is 14.7. The van der Waals surface area contributed by atoms with E-state index in [1.807, 2.05) is 18.5 Å². The standard InChI is InChI=1S/C25H23FN6O2/c26-18-11-22(33)21(31-13-20(28-14-31)15-7-8-15)10-17(18)25(34)30-23-6-3-5-19(29-23)24-27-12-16-4-1-2-9-32(16)24/h3,5-6,10-15,33H,1-2,4,7-9H2,(H,29,30,34). The first-order chi connectivity index (χ1) is 16.6. The third-order valence-corrected chi connectivity index (χ3v) is 6.41. The van der Waals surface area contributed by atoms with Gasteiger partial charge >= 0.3 is 0 Å². The number of hydrogen-bond acceptors (Lipinski definition) is 5. The van der Waals surface area contributed by atoms with Crippen molar-refractivity contribution in [3.63, 3.8) is 0 Å². The van der Waals surface area contributed by atoms with Crippen LogP contribution in [0.4, 0.5) is 10.2 Å². The van der Waals surface area contributed by atoms with E-state index in [4.69, 9.17) is 0 Å². The van der Waals surface area contributed by atoms with Crippen molar-refractivity contribution in [1.82, 2.24) is 24.1 Å². The first kappa shape index (κ1) is 20.6. The summed E-state index contributed by atoms with van der Waals surface area (Å²) in [6.07, 6.45) is 10.7. The summed E-state index contributed by atoms with van der Waals surface area (Å²) < 4.78 is 18.4. The molecule has 0 unspecified atom stereocenters. The molecule has 6 rings (SSSR count). The summed E-state index contributed by atoms with van der Waals surface area (Å²) >= 11 is 0. The van der Waals surface area contributed by atoms with Gasteiger partial charge in [0.25, 0.3) is 5.91 Å². The molecule has 0 spiro atoms. The number of nitrogens with one attached hydrogen (secondary N) is 1. The Morgan fingerprint density at radius 3 is 2.91 bits per heavy atom. The Bertz CT molecular complexity index is 1400. The number of anilines is 1. The Balaban J connectivity index is 1.27. The summed E-state index contributed by atoms with van der Waals surface area (Å²) in [5.74, 6) is -0.252. The van der Waals surface area contributed by atoms with Crippen LogP contribution in [0.1, 0.15) is 53.3 Å². The van der Waals surface area contributed by atoms with Crippen LogP contribution in [-0.2, 0) is 13.0 Å². The molecule has 0 bridgehead atoms. The normalized spacial score (nSPS) is 15.2. The average molecular weight is 458 g/mol. The van der Waals surface area contributed by atoms with Crippen molar-refractivity contribution >= 4 is 11.7 Å². The van der Waals surface area contributed by atoms with Gasteiger partial charge in [0.2, 0.25) is 0 Å². The van der Waals surface area contributed by atoms with E-state index >= 15 is 0 Å². The van der Waals surface area contributed by atoms with E-state index in [0.717, 1.165) is 56.2 Å². The van der Waals surface area contributed by atoms with Crippen molar-refractivity contribution in [2.75, 3.05) is 5.32 Å². The zero-order valence-electron chi connectivity index (χ0n) is 18.4. The number of amides is 1. The summed E-state index contributed by atoms with van der Waals surface area (Å²) in [6, 6.07) is 7.55. The fraction of sp³-hybridized carbons (Fsp3) is 0.280. The molecule has 2 N–H and O–H groups in total. The Hall–Kier alpha value is -4.01. The number of aromatic hydroxyl groups is 1. The molecule has 34 heavy (non-hydrogen) atoms. The van der Waals surface area contributed by atoms with Gasteiger partial charge in [-0.3, -0.25) is 4.79 Å². The van der Waals surface area contributed by atoms with E-state index in [1.165, 1.54) is 11.8 Å². The van der Waals surface area contributed by atoms with Gasteiger partial charge in [-0.05, 0) is 50.3 Å². The summed E-state index contributed by atoms with van der Waals surface area (Å²) in [6.45, 7) is 0.890. The van der Waals surface area contributed by atoms with E-state index in [-0.39, 0.29) is 17.0 Å². The molecule has 1 amide bonds. The minimum atomic E-state index is -0.820. The maximum absolute atomic E-state index is 14.7. The van der Waals surface area contributed by atoms with Gasteiger partial charge in [-0.15, -0.1) is 0 Å². The third-order valence-electron chi connectivity index (χ3n) is 6.41. The van der Waals surface area contributed by atoms with Crippen molar-refractivity contribution in [2.24, 2.45) is 0 Å². The molecule has 0 radical (unpaired) electrons. The Morgan fingerprint density at radius 1 is 1.18 bits per heavy atom. The lowest BCUT2D eigenvalue weighted by Gasteiger charge is -2.16. The fourth-order valence-corrected chi connectivity index (χ4v) is 4.44. The molecule has 1 saturated carbocycles. The molecule has 3 aromatic heterocycles. The first-order valence-electron chi connectivity index (χ1n) is 11.5. The highest BCUT2D eigenvalue weighted by molar-refractivity contribution is 6.04. The lowest BCUT2D eigenvalue weighted by Crippen LogP contribution is -2.16. The summed E-state index contributed by atoms with van der Waals surface area (Å²) in [5, 5.41) is 13.0. The number of benzene rings is 1. The van der Waals surface area contributed by atoms with E-state index < -0.39 is 11.7 Å². The van der Waals surface area contributed by atoms with Crippen LogP contribution in [0.5, 0.6) is 5.75 Å².